The molecule has 2 rings (SSSR count). The van der Waals surface area contributed by atoms with Crippen molar-refractivity contribution in [2.24, 2.45) is 5.14 Å². The fourth-order valence-electron chi connectivity index (χ4n) is 1.75. The van der Waals surface area contributed by atoms with Crippen molar-refractivity contribution in [1.82, 2.24) is 4.72 Å². The van der Waals surface area contributed by atoms with E-state index in [1.165, 1.54) is 36.4 Å². The zero-order chi connectivity index (χ0) is 17.3. The molecule has 3 N–H and O–H groups in total. The van der Waals surface area contributed by atoms with Gasteiger partial charge >= 0.3 is 0 Å². The molecule has 0 saturated heterocycles. The standard InChI is InChI=1S/C13H12BrClN2O4S2/c14-10-3-6-13(12(15)7-10)23(20,21)17-8-9-1-4-11(5-2-9)22(16,18)19/h1-7,17H,8H2,(H2,16,18,19). The Morgan fingerprint density at radius 2 is 1.65 bits per heavy atom. The highest BCUT2D eigenvalue weighted by Crippen LogP contribution is 2.25. The fraction of sp³-hybridized carbons (Fsp3) is 0.0769. The number of nitrogens with two attached hydrogens (primary N) is 1. The Labute approximate surface area is 147 Å². The van der Waals surface area contributed by atoms with Crippen molar-refractivity contribution in [2.45, 2.75) is 16.3 Å². The Kier molecular flexibility index (Phi) is 5.49. The molecule has 6 nitrogen and oxygen atoms in total. The molecule has 0 atom stereocenters. The number of hydrogen-bond acceptors (Lipinski definition) is 4. The lowest BCUT2D eigenvalue weighted by Gasteiger charge is -2.09. The Morgan fingerprint density at radius 3 is 2.17 bits per heavy atom. The lowest BCUT2D eigenvalue weighted by Crippen LogP contribution is -2.23. The van der Waals surface area contributed by atoms with E-state index in [4.69, 9.17) is 16.7 Å². The zero-order valence-corrected chi connectivity index (χ0v) is 15.5. The first-order chi connectivity index (χ1) is 10.6. The second-order valence-corrected chi connectivity index (χ2v) is 9.21. The number of primary sulfonamides is 1. The van der Waals surface area contributed by atoms with Gasteiger partial charge in [-0.05, 0) is 35.9 Å². The number of nitrogens with one attached hydrogen (secondary N) is 1. The van der Waals surface area contributed by atoms with Crippen LogP contribution in [0.4, 0.5) is 0 Å². The van der Waals surface area contributed by atoms with E-state index < -0.39 is 20.0 Å². The summed E-state index contributed by atoms with van der Waals surface area (Å²) in [5, 5.41) is 5.09. The first kappa shape index (κ1) is 18.4. The summed E-state index contributed by atoms with van der Waals surface area (Å²) in [7, 11) is -7.57. The van der Waals surface area contributed by atoms with E-state index in [0.717, 1.165) is 0 Å². The van der Waals surface area contributed by atoms with Crippen LogP contribution < -0.4 is 9.86 Å². The number of hydrogen-bond donors (Lipinski definition) is 2. The van der Waals surface area contributed by atoms with Gasteiger partial charge in [-0.1, -0.05) is 39.7 Å². The zero-order valence-electron chi connectivity index (χ0n) is 11.5. The summed E-state index contributed by atoms with van der Waals surface area (Å²) < 4.78 is 49.9. The summed E-state index contributed by atoms with van der Waals surface area (Å²) in [6.45, 7) is -0.0143. The SMILES string of the molecule is NS(=O)(=O)c1ccc(CNS(=O)(=O)c2ccc(Br)cc2Cl)cc1. The first-order valence-corrected chi connectivity index (χ1v) is 10.4. The van der Waals surface area contributed by atoms with Crippen LogP contribution in [0.15, 0.2) is 56.7 Å². The van der Waals surface area contributed by atoms with Gasteiger partial charge in [-0.3, -0.25) is 0 Å². The number of benzene rings is 2. The second kappa shape index (κ2) is 6.88. The van der Waals surface area contributed by atoms with Gasteiger partial charge in [0.25, 0.3) is 0 Å². The maximum atomic E-state index is 12.2. The van der Waals surface area contributed by atoms with Gasteiger partial charge in [0.2, 0.25) is 20.0 Å². The van der Waals surface area contributed by atoms with Gasteiger partial charge in [0.1, 0.15) is 4.90 Å². The summed E-state index contributed by atoms with van der Waals surface area (Å²) in [4.78, 5) is -0.0800. The smallest absolute Gasteiger partial charge is 0.225 e. The molecule has 2 aromatic rings. The maximum Gasteiger partial charge on any atom is 0.242 e. The Bertz CT molecular complexity index is 929. The third-order valence-electron chi connectivity index (χ3n) is 2.90. The molecular weight excluding hydrogens is 428 g/mol. The van der Waals surface area contributed by atoms with Crippen molar-refractivity contribution in [3.63, 3.8) is 0 Å². The van der Waals surface area contributed by atoms with E-state index in [1.807, 2.05) is 0 Å². The molecular formula is C13H12BrClN2O4S2. The molecule has 0 unspecified atom stereocenters. The van der Waals surface area contributed by atoms with Crippen LogP contribution in [0.2, 0.25) is 5.02 Å². The van der Waals surface area contributed by atoms with E-state index in [0.29, 0.717) is 10.0 Å². The molecule has 0 aliphatic heterocycles. The molecule has 0 aliphatic carbocycles. The molecule has 0 aromatic heterocycles. The molecule has 0 spiro atoms. The maximum absolute atomic E-state index is 12.2. The van der Waals surface area contributed by atoms with E-state index in [9.17, 15) is 16.8 Å². The molecule has 2 aromatic carbocycles. The molecule has 0 fully saturated rings. The molecule has 10 heteroatoms. The monoisotopic (exact) mass is 438 g/mol. The molecule has 0 amide bonds. The van der Waals surface area contributed by atoms with E-state index in [1.54, 1.807) is 6.07 Å². The predicted octanol–water partition coefficient (Wildman–Crippen LogP) is 2.23. The van der Waals surface area contributed by atoms with Gasteiger partial charge in [-0.25, -0.2) is 26.7 Å². The Hall–Kier alpha value is -0.970. The average Bonchev–Trinajstić information content (AvgIpc) is 2.44. The predicted molar refractivity (Wildman–Crippen MR) is 91.0 cm³/mol. The Balaban J connectivity index is 2.16. The van der Waals surface area contributed by atoms with Crippen molar-refractivity contribution in [2.75, 3.05) is 0 Å². The summed E-state index contributed by atoms with van der Waals surface area (Å²) in [6, 6.07) is 10.0. The highest BCUT2D eigenvalue weighted by molar-refractivity contribution is 9.10. The Morgan fingerprint density at radius 1 is 1.04 bits per heavy atom. The van der Waals surface area contributed by atoms with Crippen molar-refractivity contribution in [3.05, 3.63) is 57.5 Å². The van der Waals surface area contributed by atoms with Crippen LogP contribution >= 0.6 is 27.5 Å². The van der Waals surface area contributed by atoms with Crippen LogP contribution in [0, 0.1) is 0 Å². The van der Waals surface area contributed by atoms with E-state index in [-0.39, 0.29) is 21.4 Å². The van der Waals surface area contributed by atoms with Crippen molar-refractivity contribution < 1.29 is 16.8 Å². The molecule has 0 saturated carbocycles. The number of rotatable bonds is 5. The van der Waals surface area contributed by atoms with Crippen molar-refractivity contribution in [3.8, 4) is 0 Å². The third-order valence-corrected chi connectivity index (χ3v) is 6.21. The summed E-state index contributed by atoms with van der Waals surface area (Å²) in [5.41, 5.74) is 0.578. The van der Waals surface area contributed by atoms with Crippen molar-refractivity contribution >= 4 is 47.6 Å². The van der Waals surface area contributed by atoms with Crippen LogP contribution in [0.3, 0.4) is 0 Å². The lowest BCUT2D eigenvalue weighted by atomic mass is 10.2. The normalized spacial score (nSPS) is 12.3. The minimum atomic E-state index is -3.79. The van der Waals surface area contributed by atoms with E-state index in [2.05, 4.69) is 20.7 Å². The topological polar surface area (TPSA) is 106 Å². The molecule has 0 aliphatic rings. The van der Waals surface area contributed by atoms with Gasteiger partial charge < -0.3 is 0 Å². The quantitative estimate of drug-likeness (QED) is 0.745. The largest absolute Gasteiger partial charge is 0.242 e. The van der Waals surface area contributed by atoms with Crippen LogP contribution in [0.25, 0.3) is 0 Å². The molecule has 0 heterocycles. The van der Waals surface area contributed by atoms with Crippen molar-refractivity contribution in [1.29, 1.82) is 0 Å². The van der Waals surface area contributed by atoms with E-state index >= 15 is 0 Å². The number of sulfonamides is 2. The minimum Gasteiger partial charge on any atom is -0.225 e. The second-order valence-electron chi connectivity index (χ2n) is 4.59. The average molecular weight is 440 g/mol. The van der Waals surface area contributed by atoms with Gasteiger partial charge in [0.05, 0.1) is 9.92 Å². The molecule has 124 valence electrons. The highest BCUT2D eigenvalue weighted by atomic mass is 79.9. The van der Waals surface area contributed by atoms with Crippen LogP contribution in [-0.4, -0.2) is 16.8 Å². The molecule has 23 heavy (non-hydrogen) atoms. The van der Waals surface area contributed by atoms with Gasteiger partial charge in [0, 0.05) is 11.0 Å². The van der Waals surface area contributed by atoms with Crippen LogP contribution in [0.1, 0.15) is 5.56 Å². The first-order valence-electron chi connectivity index (χ1n) is 6.16. The summed E-state index contributed by atoms with van der Waals surface area (Å²) in [5.74, 6) is 0. The van der Waals surface area contributed by atoms with Gasteiger partial charge in [0.15, 0.2) is 0 Å². The molecule has 0 bridgehead atoms. The van der Waals surface area contributed by atoms with Gasteiger partial charge in [-0.15, -0.1) is 0 Å². The van der Waals surface area contributed by atoms with Crippen LogP contribution in [-0.2, 0) is 26.6 Å². The van der Waals surface area contributed by atoms with Crippen LogP contribution in [0.5, 0.6) is 0 Å². The summed E-state index contributed by atoms with van der Waals surface area (Å²) in [6.07, 6.45) is 0. The molecule has 0 radical (unpaired) electrons. The summed E-state index contributed by atoms with van der Waals surface area (Å²) >= 11 is 9.14. The third kappa shape index (κ3) is 4.75. The highest BCUT2D eigenvalue weighted by Gasteiger charge is 2.17. The van der Waals surface area contributed by atoms with Gasteiger partial charge in [-0.2, -0.15) is 0 Å². The number of halogens is 2. The minimum absolute atomic E-state index is 0.0143. The fourth-order valence-corrected chi connectivity index (χ4v) is 4.31. The lowest BCUT2D eigenvalue weighted by molar-refractivity contribution is 0.581.